The van der Waals surface area contributed by atoms with Crippen molar-refractivity contribution >= 4 is 14.3 Å². The van der Waals surface area contributed by atoms with Crippen molar-refractivity contribution < 1.29 is 13.2 Å². The van der Waals surface area contributed by atoms with Gasteiger partial charge in [0.05, 0.1) is 0 Å². The van der Waals surface area contributed by atoms with Crippen LogP contribution in [-0.2, 0) is 16.2 Å². The van der Waals surface area contributed by atoms with Gasteiger partial charge < -0.3 is 9.05 Å². The molecule has 0 aliphatic carbocycles. The molecule has 0 saturated heterocycles. The fraction of sp³-hybridized carbons (Fsp3) is 0.533. The molecule has 2 aromatic rings. The van der Waals surface area contributed by atoms with Gasteiger partial charge in [-0.3, -0.25) is 0 Å². The predicted octanol–water partition coefficient (Wildman–Crippen LogP) is 10.1. The van der Waals surface area contributed by atoms with E-state index in [-0.39, 0.29) is 22.2 Å². The van der Waals surface area contributed by atoms with Crippen molar-refractivity contribution in [2.75, 3.05) is 0 Å². The Hall–Kier alpha value is -1.86. The summed E-state index contributed by atoms with van der Waals surface area (Å²) < 4.78 is 27.5. The van der Waals surface area contributed by atoms with Gasteiger partial charge in [0.15, 0.2) is 0 Å². The molecule has 4 heteroatoms. The van der Waals surface area contributed by atoms with Crippen LogP contribution in [0.5, 0.6) is 11.5 Å². The number of benzene rings is 2. The van der Waals surface area contributed by atoms with Crippen molar-refractivity contribution in [1.29, 1.82) is 0 Å². The average Bonchev–Trinajstić information content (AvgIpc) is 2.69. The molecule has 0 spiro atoms. The Kier molecular flexibility index (Phi) is 7.06. The Bertz CT molecular complexity index is 1110. The lowest BCUT2D eigenvalue weighted by molar-refractivity contribution is 0.413. The molecule has 0 amide bonds. The van der Waals surface area contributed by atoms with Crippen LogP contribution in [0.4, 0.5) is 4.20 Å². The molecular weight excluding hydrogens is 442 g/mol. The maximum atomic E-state index is 15.5. The van der Waals surface area contributed by atoms with Gasteiger partial charge in [-0.25, -0.2) is 0 Å². The van der Waals surface area contributed by atoms with Gasteiger partial charge in [-0.15, -0.1) is 4.20 Å². The van der Waals surface area contributed by atoms with Gasteiger partial charge in [-0.05, 0) is 52.9 Å². The molecule has 0 saturated carbocycles. The Morgan fingerprint density at radius 3 is 1.74 bits per heavy atom. The molecule has 1 heterocycles. The number of hydrogen-bond donors (Lipinski definition) is 0. The topological polar surface area (TPSA) is 18.5 Å². The summed E-state index contributed by atoms with van der Waals surface area (Å²) in [5, 5.41) is 0. The van der Waals surface area contributed by atoms with E-state index in [1.54, 1.807) is 0 Å². The molecule has 1 aliphatic rings. The minimum Gasteiger partial charge on any atom is -0.414 e. The van der Waals surface area contributed by atoms with E-state index < -0.39 is 8.69 Å². The van der Waals surface area contributed by atoms with Crippen LogP contribution < -0.4 is 9.05 Å². The molecule has 1 aliphatic heterocycles. The van der Waals surface area contributed by atoms with E-state index in [2.05, 4.69) is 107 Å². The molecule has 0 N–H and O–H groups in total. The molecule has 0 radical (unpaired) electrons. The lowest BCUT2D eigenvalue weighted by Gasteiger charge is -2.34. The van der Waals surface area contributed by atoms with Crippen LogP contribution in [-0.4, -0.2) is 0 Å². The Morgan fingerprint density at radius 2 is 1.26 bits per heavy atom. The van der Waals surface area contributed by atoms with E-state index in [1.165, 1.54) is 11.1 Å². The number of halogens is 1. The van der Waals surface area contributed by atoms with Crippen LogP contribution >= 0.6 is 8.69 Å². The Labute approximate surface area is 208 Å². The van der Waals surface area contributed by atoms with Gasteiger partial charge in [-0.1, -0.05) is 93.5 Å². The molecular formula is C30H42FO2P. The van der Waals surface area contributed by atoms with Crippen molar-refractivity contribution in [2.24, 2.45) is 0 Å². The molecule has 2 aromatic carbocycles. The monoisotopic (exact) mass is 484 g/mol. The lowest BCUT2D eigenvalue weighted by Crippen LogP contribution is -2.21. The van der Waals surface area contributed by atoms with Gasteiger partial charge in [0, 0.05) is 28.2 Å². The summed E-state index contributed by atoms with van der Waals surface area (Å²) in [5.74, 6) is 1.22. The maximum absolute atomic E-state index is 15.5. The zero-order valence-electron chi connectivity index (χ0n) is 23.1. The Morgan fingerprint density at radius 1 is 0.794 bits per heavy atom. The zero-order chi connectivity index (χ0) is 25.8. The first-order valence-corrected chi connectivity index (χ1v) is 13.3. The standard InChI is InChI=1S/C30H42FO2P/c1-13-18(2)22-14-20(28(4,5)6)15-23-19(3)24-16-21(29(7,8)9)17-25(30(10,11)12)27(24)33-34(31)32-26(22)23/h13-17,19H,1-12H3/b18-13-. The highest BCUT2D eigenvalue weighted by Crippen LogP contribution is 2.55. The fourth-order valence-corrected chi connectivity index (χ4v) is 5.08. The third kappa shape index (κ3) is 5.20. The first-order valence-electron chi connectivity index (χ1n) is 12.3. The molecule has 2 unspecified atom stereocenters. The summed E-state index contributed by atoms with van der Waals surface area (Å²) in [6.45, 7) is 26.0. The second-order valence-corrected chi connectivity index (χ2v) is 13.5. The van der Waals surface area contributed by atoms with Gasteiger partial charge in [0.2, 0.25) is 0 Å². The maximum Gasteiger partial charge on any atom is 0.505 e. The van der Waals surface area contributed by atoms with Crippen molar-refractivity contribution in [3.8, 4) is 11.5 Å². The summed E-state index contributed by atoms with van der Waals surface area (Å²) in [5.41, 5.74) is 7.22. The van der Waals surface area contributed by atoms with Gasteiger partial charge in [0.25, 0.3) is 0 Å². The normalized spacial score (nSPS) is 19.4. The molecule has 186 valence electrons. The van der Waals surface area contributed by atoms with E-state index in [0.29, 0.717) is 11.5 Å². The summed E-state index contributed by atoms with van der Waals surface area (Å²) in [4.78, 5) is 0. The van der Waals surface area contributed by atoms with Crippen LogP contribution in [0.3, 0.4) is 0 Å². The van der Waals surface area contributed by atoms with Crippen LogP contribution in [0, 0.1) is 0 Å². The predicted molar refractivity (Wildman–Crippen MR) is 145 cm³/mol. The van der Waals surface area contributed by atoms with Crippen molar-refractivity contribution in [2.45, 2.75) is 105 Å². The second-order valence-electron chi connectivity index (χ2n) is 12.7. The van der Waals surface area contributed by atoms with E-state index in [9.17, 15) is 0 Å². The highest BCUT2D eigenvalue weighted by molar-refractivity contribution is 7.42. The first-order chi connectivity index (χ1) is 15.4. The third-order valence-electron chi connectivity index (χ3n) is 6.89. The first kappa shape index (κ1) is 26.7. The quantitative estimate of drug-likeness (QED) is 0.375. The smallest absolute Gasteiger partial charge is 0.414 e. The van der Waals surface area contributed by atoms with Crippen LogP contribution in [0.1, 0.15) is 122 Å². The van der Waals surface area contributed by atoms with Gasteiger partial charge in [-0.2, -0.15) is 0 Å². The van der Waals surface area contributed by atoms with Gasteiger partial charge in [0.1, 0.15) is 11.5 Å². The third-order valence-corrected chi connectivity index (χ3v) is 7.54. The molecule has 0 bridgehead atoms. The van der Waals surface area contributed by atoms with E-state index >= 15 is 4.20 Å². The van der Waals surface area contributed by atoms with Gasteiger partial charge >= 0.3 is 8.69 Å². The molecule has 2 nitrogen and oxygen atoms in total. The minimum absolute atomic E-state index is 0.0252. The molecule has 0 aromatic heterocycles. The second kappa shape index (κ2) is 8.98. The zero-order valence-corrected chi connectivity index (χ0v) is 24.0. The average molecular weight is 485 g/mol. The number of rotatable bonds is 1. The van der Waals surface area contributed by atoms with Crippen LogP contribution in [0.15, 0.2) is 30.3 Å². The van der Waals surface area contributed by atoms with E-state index in [4.69, 9.17) is 9.05 Å². The number of hydrogen-bond acceptors (Lipinski definition) is 2. The number of fused-ring (bicyclic) bond motifs is 2. The summed E-state index contributed by atoms with van der Waals surface area (Å²) in [6, 6.07) is 8.78. The van der Waals surface area contributed by atoms with E-state index in [0.717, 1.165) is 27.8 Å². The SMILES string of the molecule is C/C=C(/C)c1cc(C(C)(C)C)cc2c1OP(F)Oc1c(cc(C(C)(C)C)cc1C(C)(C)C)C2C. The summed E-state index contributed by atoms with van der Waals surface area (Å²) in [6.07, 6.45) is 2.06. The lowest BCUT2D eigenvalue weighted by atomic mass is 9.75. The molecule has 2 atom stereocenters. The number of allylic oxidation sites excluding steroid dienone is 2. The Balaban J connectivity index is 2.44. The van der Waals surface area contributed by atoms with Crippen molar-refractivity contribution in [3.63, 3.8) is 0 Å². The fourth-order valence-electron chi connectivity index (χ4n) is 4.35. The van der Waals surface area contributed by atoms with Crippen LogP contribution in [0.25, 0.3) is 5.57 Å². The minimum atomic E-state index is -2.64. The van der Waals surface area contributed by atoms with Crippen molar-refractivity contribution in [1.82, 2.24) is 0 Å². The largest absolute Gasteiger partial charge is 0.505 e. The highest BCUT2D eigenvalue weighted by Gasteiger charge is 2.35. The molecule has 34 heavy (non-hydrogen) atoms. The molecule has 3 rings (SSSR count). The van der Waals surface area contributed by atoms with Crippen LogP contribution in [0.2, 0.25) is 0 Å². The highest BCUT2D eigenvalue weighted by atomic mass is 31.2. The van der Waals surface area contributed by atoms with E-state index in [1.807, 2.05) is 6.92 Å². The molecule has 0 fully saturated rings. The summed E-state index contributed by atoms with van der Waals surface area (Å²) >= 11 is 0. The summed E-state index contributed by atoms with van der Waals surface area (Å²) in [7, 11) is -2.64. The van der Waals surface area contributed by atoms with Crippen molar-refractivity contribution in [3.05, 3.63) is 63.7 Å².